The molecule has 5 heteroatoms. The van der Waals surface area contributed by atoms with E-state index in [1.807, 2.05) is 41.3 Å². The number of ether oxygens (including phenoxy) is 1. The Bertz CT molecular complexity index is 988. The van der Waals surface area contributed by atoms with E-state index in [0.717, 1.165) is 17.5 Å². The first-order valence-corrected chi connectivity index (χ1v) is 9.89. The summed E-state index contributed by atoms with van der Waals surface area (Å²) >= 11 is 12.4. The first-order chi connectivity index (χ1) is 13.6. The highest BCUT2D eigenvalue weighted by Gasteiger charge is 2.33. The van der Waals surface area contributed by atoms with Gasteiger partial charge in [-0.25, -0.2) is 0 Å². The largest absolute Gasteiger partial charge is 0.484 e. The molecular weight excluding hydrogens is 393 g/mol. The lowest BCUT2D eigenvalue weighted by Crippen LogP contribution is -2.43. The van der Waals surface area contributed by atoms with Crippen LogP contribution in [0.15, 0.2) is 72.8 Å². The number of halogens is 2. The molecular formula is C23H19Cl2NO2. The van der Waals surface area contributed by atoms with Crippen molar-refractivity contribution >= 4 is 29.1 Å². The third kappa shape index (κ3) is 3.87. The van der Waals surface area contributed by atoms with Gasteiger partial charge in [-0.3, -0.25) is 4.79 Å². The topological polar surface area (TPSA) is 29.5 Å². The van der Waals surface area contributed by atoms with E-state index < -0.39 is 0 Å². The van der Waals surface area contributed by atoms with Crippen molar-refractivity contribution < 1.29 is 9.53 Å². The molecule has 0 fully saturated rings. The molecule has 0 spiro atoms. The van der Waals surface area contributed by atoms with Crippen LogP contribution in [-0.4, -0.2) is 24.0 Å². The van der Waals surface area contributed by atoms with Crippen molar-refractivity contribution in [1.82, 2.24) is 4.90 Å². The monoisotopic (exact) mass is 411 g/mol. The molecule has 142 valence electrons. The average Bonchev–Trinajstić information content (AvgIpc) is 2.73. The summed E-state index contributed by atoms with van der Waals surface area (Å²) in [6, 6.07) is 22.7. The van der Waals surface area contributed by atoms with Gasteiger partial charge in [-0.15, -0.1) is 0 Å². The molecule has 0 bridgehead atoms. The highest BCUT2D eigenvalue weighted by molar-refractivity contribution is 6.31. The van der Waals surface area contributed by atoms with Gasteiger partial charge in [-0.2, -0.15) is 0 Å². The summed E-state index contributed by atoms with van der Waals surface area (Å²) in [4.78, 5) is 14.9. The standard InChI is InChI=1S/C23H19Cl2NO2/c24-17-9-11-18(12-10-17)28-15-22(27)26-14-13-16-5-1-2-6-19(16)23(26)20-7-3-4-8-21(20)25/h1-12,23H,13-15H2/t23-/m0/s1. The Morgan fingerprint density at radius 2 is 1.61 bits per heavy atom. The van der Waals surface area contributed by atoms with Gasteiger partial charge in [0.25, 0.3) is 5.91 Å². The fourth-order valence-electron chi connectivity index (χ4n) is 3.63. The highest BCUT2D eigenvalue weighted by atomic mass is 35.5. The van der Waals surface area contributed by atoms with E-state index in [4.69, 9.17) is 27.9 Å². The summed E-state index contributed by atoms with van der Waals surface area (Å²) in [7, 11) is 0. The lowest BCUT2D eigenvalue weighted by molar-refractivity contribution is -0.135. The third-order valence-corrected chi connectivity index (χ3v) is 5.58. The predicted octanol–water partition coefficient (Wildman–Crippen LogP) is 5.55. The van der Waals surface area contributed by atoms with Crippen LogP contribution in [0.3, 0.4) is 0 Å². The molecule has 1 aliphatic rings. The molecule has 1 heterocycles. The van der Waals surface area contributed by atoms with Crippen molar-refractivity contribution in [3.8, 4) is 5.75 Å². The maximum Gasteiger partial charge on any atom is 0.261 e. The average molecular weight is 412 g/mol. The third-order valence-electron chi connectivity index (χ3n) is 4.98. The van der Waals surface area contributed by atoms with Crippen molar-refractivity contribution in [3.63, 3.8) is 0 Å². The van der Waals surface area contributed by atoms with Crippen LogP contribution in [0.5, 0.6) is 5.75 Å². The molecule has 4 rings (SSSR count). The fraction of sp³-hybridized carbons (Fsp3) is 0.174. The predicted molar refractivity (Wildman–Crippen MR) is 112 cm³/mol. The molecule has 0 aromatic heterocycles. The smallest absolute Gasteiger partial charge is 0.261 e. The number of hydrogen-bond donors (Lipinski definition) is 0. The van der Waals surface area contributed by atoms with Crippen molar-refractivity contribution in [2.24, 2.45) is 0 Å². The SMILES string of the molecule is O=C(COc1ccc(Cl)cc1)N1CCc2ccccc2[C@H]1c1ccccc1Cl. The van der Waals surface area contributed by atoms with Gasteiger partial charge in [0.05, 0.1) is 6.04 Å². The molecule has 0 aliphatic carbocycles. The minimum atomic E-state index is -0.222. The molecule has 0 saturated carbocycles. The molecule has 1 aliphatic heterocycles. The van der Waals surface area contributed by atoms with Crippen LogP contribution in [0.2, 0.25) is 10.0 Å². The number of hydrogen-bond acceptors (Lipinski definition) is 2. The molecule has 1 atom stereocenters. The maximum atomic E-state index is 13.1. The van der Waals surface area contributed by atoms with E-state index in [-0.39, 0.29) is 18.6 Å². The van der Waals surface area contributed by atoms with Crippen LogP contribution in [0, 0.1) is 0 Å². The minimum Gasteiger partial charge on any atom is -0.484 e. The summed E-state index contributed by atoms with van der Waals surface area (Å²) in [5.41, 5.74) is 3.29. The minimum absolute atomic E-state index is 0.0370. The van der Waals surface area contributed by atoms with Crippen LogP contribution >= 0.6 is 23.2 Å². The van der Waals surface area contributed by atoms with Crippen LogP contribution in [-0.2, 0) is 11.2 Å². The molecule has 0 saturated heterocycles. The van der Waals surface area contributed by atoms with Crippen LogP contribution in [0.1, 0.15) is 22.7 Å². The van der Waals surface area contributed by atoms with Crippen molar-refractivity contribution in [2.75, 3.05) is 13.2 Å². The zero-order valence-corrected chi connectivity index (χ0v) is 16.7. The number of amides is 1. The number of carbonyl (C=O) groups excluding carboxylic acids is 1. The van der Waals surface area contributed by atoms with Gasteiger partial charge in [-0.05, 0) is 53.4 Å². The normalized spacial score (nSPS) is 15.8. The number of benzene rings is 3. The zero-order valence-electron chi connectivity index (χ0n) is 15.1. The number of rotatable bonds is 4. The Labute approximate surface area is 174 Å². The van der Waals surface area contributed by atoms with Crippen LogP contribution in [0.4, 0.5) is 0 Å². The second-order valence-electron chi connectivity index (χ2n) is 6.70. The molecule has 3 nitrogen and oxygen atoms in total. The summed E-state index contributed by atoms with van der Waals surface area (Å²) in [5.74, 6) is 0.541. The van der Waals surface area contributed by atoms with E-state index in [1.165, 1.54) is 5.56 Å². The van der Waals surface area contributed by atoms with E-state index >= 15 is 0 Å². The van der Waals surface area contributed by atoms with Crippen LogP contribution < -0.4 is 4.74 Å². The highest BCUT2D eigenvalue weighted by Crippen LogP contribution is 2.38. The van der Waals surface area contributed by atoms with Gasteiger partial charge < -0.3 is 9.64 Å². The lowest BCUT2D eigenvalue weighted by atomic mass is 9.88. The fourth-order valence-corrected chi connectivity index (χ4v) is 3.99. The second kappa shape index (κ2) is 8.26. The Kier molecular flexibility index (Phi) is 5.56. The van der Waals surface area contributed by atoms with Crippen LogP contribution in [0.25, 0.3) is 0 Å². The molecule has 0 N–H and O–H groups in total. The van der Waals surface area contributed by atoms with Gasteiger partial charge in [-0.1, -0.05) is 65.7 Å². The molecule has 1 amide bonds. The lowest BCUT2D eigenvalue weighted by Gasteiger charge is -2.38. The van der Waals surface area contributed by atoms with Gasteiger partial charge in [0.15, 0.2) is 6.61 Å². The molecule has 28 heavy (non-hydrogen) atoms. The summed E-state index contributed by atoms with van der Waals surface area (Å²) in [6.07, 6.45) is 0.809. The van der Waals surface area contributed by atoms with Gasteiger partial charge in [0.1, 0.15) is 5.75 Å². The van der Waals surface area contributed by atoms with E-state index in [0.29, 0.717) is 22.3 Å². The first-order valence-electron chi connectivity index (χ1n) is 9.13. The number of carbonyl (C=O) groups is 1. The second-order valence-corrected chi connectivity index (χ2v) is 7.55. The van der Waals surface area contributed by atoms with Gasteiger partial charge >= 0.3 is 0 Å². The Balaban J connectivity index is 1.62. The molecule has 0 unspecified atom stereocenters. The number of fused-ring (bicyclic) bond motifs is 1. The summed E-state index contributed by atoms with van der Waals surface area (Å²) < 4.78 is 5.70. The summed E-state index contributed by atoms with van der Waals surface area (Å²) in [6.45, 7) is 0.584. The van der Waals surface area contributed by atoms with Crippen molar-refractivity contribution in [1.29, 1.82) is 0 Å². The Morgan fingerprint density at radius 3 is 2.36 bits per heavy atom. The zero-order chi connectivity index (χ0) is 19.5. The Hall–Kier alpha value is -2.49. The maximum absolute atomic E-state index is 13.1. The number of nitrogens with zero attached hydrogens (tertiary/aromatic N) is 1. The van der Waals surface area contributed by atoms with E-state index in [9.17, 15) is 4.79 Å². The van der Waals surface area contributed by atoms with Gasteiger partial charge in [0.2, 0.25) is 0 Å². The quantitative estimate of drug-likeness (QED) is 0.563. The Morgan fingerprint density at radius 1 is 0.929 bits per heavy atom. The molecule has 3 aromatic rings. The van der Waals surface area contributed by atoms with E-state index in [2.05, 4.69) is 12.1 Å². The molecule has 3 aromatic carbocycles. The molecule has 0 radical (unpaired) electrons. The van der Waals surface area contributed by atoms with E-state index in [1.54, 1.807) is 24.3 Å². The first kappa shape index (κ1) is 18.9. The summed E-state index contributed by atoms with van der Waals surface area (Å²) in [5, 5.41) is 1.28. The van der Waals surface area contributed by atoms with Crippen molar-refractivity contribution in [3.05, 3.63) is 99.5 Å². The van der Waals surface area contributed by atoms with Crippen molar-refractivity contribution in [2.45, 2.75) is 12.5 Å². The van der Waals surface area contributed by atoms with Gasteiger partial charge in [0, 0.05) is 16.6 Å².